The Kier molecular flexibility index (Phi) is 5.55. The van der Waals surface area contributed by atoms with Crippen LogP contribution in [0.1, 0.15) is 34.0 Å². The normalized spacial score (nSPS) is 15.9. The Balaban J connectivity index is 1.07. The van der Waals surface area contributed by atoms with Crippen LogP contribution in [0.15, 0.2) is 170 Å². The van der Waals surface area contributed by atoms with E-state index in [1.165, 1.54) is 44.6 Å². The van der Waals surface area contributed by atoms with Crippen LogP contribution in [0.4, 0.5) is 17.1 Å². The van der Waals surface area contributed by atoms with E-state index in [0.29, 0.717) is 0 Å². The van der Waals surface area contributed by atoms with Crippen molar-refractivity contribution in [2.75, 3.05) is 10.2 Å². The average Bonchev–Trinajstić information content (AvgIpc) is 3.67. The molecule has 0 fully saturated rings. The third-order valence-electron chi connectivity index (χ3n) is 10.2. The molecule has 222 valence electrons. The summed E-state index contributed by atoms with van der Waals surface area (Å²) in [4.78, 5) is 2.38. The summed E-state index contributed by atoms with van der Waals surface area (Å²) in [7, 11) is 0. The Bertz CT molecular complexity index is 2280. The summed E-state index contributed by atoms with van der Waals surface area (Å²) in [6, 6.07) is 61.1. The van der Waals surface area contributed by atoms with Gasteiger partial charge in [-0.3, -0.25) is 0 Å². The first kappa shape index (κ1) is 26.2. The van der Waals surface area contributed by atoms with E-state index in [1.807, 2.05) is 0 Å². The van der Waals surface area contributed by atoms with Crippen LogP contribution in [-0.2, 0) is 5.41 Å². The third kappa shape index (κ3) is 3.68. The average molecular weight is 603 g/mol. The lowest BCUT2D eigenvalue weighted by molar-refractivity contribution is 0.436. The summed E-state index contributed by atoms with van der Waals surface area (Å²) in [5, 5.41) is 3.76. The van der Waals surface area contributed by atoms with Crippen LogP contribution in [0.3, 0.4) is 0 Å². The minimum Gasteiger partial charge on any atom is -0.457 e. The minimum atomic E-state index is -0.441. The molecule has 2 heterocycles. The second kappa shape index (κ2) is 9.97. The number of benzene rings is 7. The van der Waals surface area contributed by atoms with Crippen LogP contribution in [0, 0.1) is 0 Å². The quantitative estimate of drug-likeness (QED) is 0.218. The minimum absolute atomic E-state index is 0.00502. The molecular formula is C44H30N2O. The molecular weight excluding hydrogens is 572 g/mol. The van der Waals surface area contributed by atoms with Gasteiger partial charge in [0, 0.05) is 16.8 Å². The molecule has 7 aromatic carbocycles. The van der Waals surface area contributed by atoms with Gasteiger partial charge in [0.2, 0.25) is 0 Å². The van der Waals surface area contributed by atoms with E-state index in [9.17, 15) is 0 Å². The zero-order chi connectivity index (χ0) is 31.0. The Morgan fingerprint density at radius 1 is 0.489 bits per heavy atom. The SMILES string of the molecule is c1ccc(N2c3ccccc3NC2c2ccc(-c3ccc4c(c3)Oc3ccccc3C43c4ccccc4-c4ccccc43)cc2)cc1. The molecule has 7 aromatic rings. The van der Waals surface area contributed by atoms with Gasteiger partial charge in [0.05, 0.1) is 16.8 Å². The Labute approximate surface area is 274 Å². The molecule has 3 nitrogen and oxygen atoms in total. The number of fused-ring (bicyclic) bond motifs is 10. The maximum absolute atomic E-state index is 6.74. The largest absolute Gasteiger partial charge is 0.457 e. The number of hydrogen-bond acceptors (Lipinski definition) is 3. The van der Waals surface area contributed by atoms with Gasteiger partial charge in [-0.2, -0.15) is 0 Å². The highest BCUT2D eigenvalue weighted by molar-refractivity contribution is 5.89. The van der Waals surface area contributed by atoms with Crippen LogP contribution in [0.25, 0.3) is 22.3 Å². The second-order valence-electron chi connectivity index (χ2n) is 12.5. The van der Waals surface area contributed by atoms with Crippen LogP contribution in [0.5, 0.6) is 11.5 Å². The lowest BCUT2D eigenvalue weighted by atomic mass is 9.66. The number of hydrogen-bond donors (Lipinski definition) is 1. The summed E-state index contributed by atoms with van der Waals surface area (Å²) >= 11 is 0. The Hall–Kier alpha value is -6.06. The highest BCUT2D eigenvalue weighted by Crippen LogP contribution is 2.62. The molecule has 1 unspecified atom stereocenters. The van der Waals surface area contributed by atoms with E-state index >= 15 is 0 Å². The number of para-hydroxylation sites is 4. The maximum atomic E-state index is 6.74. The van der Waals surface area contributed by atoms with Gasteiger partial charge in [0.1, 0.15) is 17.7 Å². The zero-order valence-corrected chi connectivity index (χ0v) is 25.6. The van der Waals surface area contributed by atoms with Crippen molar-refractivity contribution in [1.82, 2.24) is 0 Å². The highest BCUT2D eigenvalue weighted by atomic mass is 16.5. The van der Waals surface area contributed by atoms with Crippen molar-refractivity contribution in [3.8, 4) is 33.8 Å². The van der Waals surface area contributed by atoms with Crippen LogP contribution in [-0.4, -0.2) is 0 Å². The van der Waals surface area contributed by atoms with E-state index < -0.39 is 5.41 Å². The molecule has 1 aliphatic carbocycles. The summed E-state index contributed by atoms with van der Waals surface area (Å²) in [5.74, 6) is 1.81. The molecule has 0 radical (unpaired) electrons. The van der Waals surface area contributed by atoms with Crippen molar-refractivity contribution in [3.05, 3.63) is 198 Å². The fraction of sp³-hybridized carbons (Fsp3) is 0.0455. The monoisotopic (exact) mass is 602 g/mol. The maximum Gasteiger partial charge on any atom is 0.132 e. The molecule has 47 heavy (non-hydrogen) atoms. The van der Waals surface area contributed by atoms with Crippen molar-refractivity contribution < 1.29 is 4.74 Å². The molecule has 3 heteroatoms. The van der Waals surface area contributed by atoms with E-state index in [2.05, 4.69) is 180 Å². The van der Waals surface area contributed by atoms with Gasteiger partial charge in [-0.25, -0.2) is 0 Å². The van der Waals surface area contributed by atoms with Gasteiger partial charge in [-0.15, -0.1) is 0 Å². The Morgan fingerprint density at radius 3 is 1.85 bits per heavy atom. The highest BCUT2D eigenvalue weighted by Gasteiger charge is 2.50. The van der Waals surface area contributed by atoms with Crippen LogP contribution >= 0.6 is 0 Å². The van der Waals surface area contributed by atoms with Gasteiger partial charge in [-0.05, 0) is 75.3 Å². The molecule has 0 bridgehead atoms. The van der Waals surface area contributed by atoms with Crippen molar-refractivity contribution in [1.29, 1.82) is 0 Å². The van der Waals surface area contributed by atoms with E-state index in [0.717, 1.165) is 34.0 Å². The predicted molar refractivity (Wildman–Crippen MR) is 191 cm³/mol. The predicted octanol–water partition coefficient (Wildman–Crippen LogP) is 11.1. The first-order valence-corrected chi connectivity index (χ1v) is 16.2. The van der Waals surface area contributed by atoms with Crippen molar-refractivity contribution in [3.63, 3.8) is 0 Å². The molecule has 2 aliphatic heterocycles. The fourth-order valence-electron chi connectivity index (χ4n) is 8.16. The lowest BCUT2D eigenvalue weighted by Gasteiger charge is -2.39. The molecule has 1 N–H and O–H groups in total. The van der Waals surface area contributed by atoms with E-state index in [4.69, 9.17) is 4.74 Å². The third-order valence-corrected chi connectivity index (χ3v) is 10.2. The standard InChI is InChI=1S/C44H30N2O/c1-2-12-32(13-3-1)46-40-20-10-9-19-39(40)45-43(46)30-24-22-29(23-25-30)31-26-27-38-42(28-31)47-41-21-11-8-18-37(41)44(38)35-16-6-4-14-33(35)34-15-5-7-17-36(34)44/h1-28,43,45H. The first-order chi connectivity index (χ1) is 23.3. The summed E-state index contributed by atoms with van der Waals surface area (Å²) in [6.45, 7) is 0. The van der Waals surface area contributed by atoms with Crippen molar-refractivity contribution in [2.24, 2.45) is 0 Å². The van der Waals surface area contributed by atoms with Gasteiger partial charge >= 0.3 is 0 Å². The number of anilines is 3. The zero-order valence-electron chi connectivity index (χ0n) is 25.6. The van der Waals surface area contributed by atoms with Gasteiger partial charge in [0.15, 0.2) is 0 Å². The van der Waals surface area contributed by atoms with E-state index in [-0.39, 0.29) is 6.17 Å². The lowest BCUT2D eigenvalue weighted by Crippen LogP contribution is -2.32. The topological polar surface area (TPSA) is 24.5 Å². The van der Waals surface area contributed by atoms with Gasteiger partial charge in [-0.1, -0.05) is 133 Å². The number of ether oxygens (including phenoxy) is 1. The molecule has 1 spiro atoms. The van der Waals surface area contributed by atoms with Gasteiger partial charge in [0.25, 0.3) is 0 Å². The fourth-order valence-corrected chi connectivity index (χ4v) is 8.16. The molecule has 0 aromatic heterocycles. The summed E-state index contributed by atoms with van der Waals surface area (Å²) < 4.78 is 6.74. The molecule has 0 amide bonds. The van der Waals surface area contributed by atoms with Crippen LogP contribution in [0.2, 0.25) is 0 Å². The smallest absolute Gasteiger partial charge is 0.132 e. The Morgan fingerprint density at radius 2 is 1.09 bits per heavy atom. The number of nitrogens with zero attached hydrogens (tertiary/aromatic N) is 1. The number of rotatable bonds is 3. The molecule has 10 rings (SSSR count). The molecule has 0 saturated heterocycles. The first-order valence-electron chi connectivity index (χ1n) is 16.2. The molecule has 1 atom stereocenters. The summed E-state index contributed by atoms with van der Waals surface area (Å²) in [6.07, 6.45) is -0.00502. The second-order valence-corrected chi connectivity index (χ2v) is 12.5. The summed E-state index contributed by atoms with van der Waals surface area (Å²) in [5.41, 5.74) is 14.1. The molecule has 0 saturated carbocycles. The van der Waals surface area contributed by atoms with Crippen LogP contribution < -0.4 is 15.0 Å². The van der Waals surface area contributed by atoms with Crippen molar-refractivity contribution in [2.45, 2.75) is 11.6 Å². The van der Waals surface area contributed by atoms with Gasteiger partial charge < -0.3 is 15.0 Å². The van der Waals surface area contributed by atoms with E-state index in [1.54, 1.807) is 0 Å². The molecule has 3 aliphatic rings. The number of nitrogens with one attached hydrogen (secondary N) is 1. The van der Waals surface area contributed by atoms with Crippen molar-refractivity contribution >= 4 is 17.1 Å².